The van der Waals surface area contributed by atoms with E-state index in [9.17, 15) is 9.32 Å². The van der Waals surface area contributed by atoms with Gasteiger partial charge in [0.2, 0.25) is 0 Å². The van der Waals surface area contributed by atoms with Crippen LogP contribution in [0.1, 0.15) is 37.7 Å². The molecule has 0 spiro atoms. The molecule has 2 fully saturated rings. The van der Waals surface area contributed by atoms with Crippen molar-refractivity contribution in [3.63, 3.8) is 0 Å². The van der Waals surface area contributed by atoms with Crippen LogP contribution in [0.2, 0.25) is 0 Å². The highest BCUT2D eigenvalue weighted by Crippen LogP contribution is 2.45. The van der Waals surface area contributed by atoms with Crippen molar-refractivity contribution in [1.82, 2.24) is 0 Å². The Morgan fingerprint density at radius 1 is 1.00 bits per heavy atom. The first-order valence-corrected chi connectivity index (χ1v) is 9.95. The van der Waals surface area contributed by atoms with E-state index >= 15 is 0 Å². The molecule has 2 aliphatic heterocycles. The van der Waals surface area contributed by atoms with Gasteiger partial charge in [-0.15, -0.1) is 0 Å². The lowest BCUT2D eigenvalue weighted by Gasteiger charge is -2.43. The van der Waals surface area contributed by atoms with Crippen molar-refractivity contribution in [2.45, 2.75) is 48.2 Å². The fraction of sp³-hybridized carbons (Fsp3) is 0.400. The van der Waals surface area contributed by atoms with Crippen molar-refractivity contribution in [3.8, 4) is 0 Å². The van der Waals surface area contributed by atoms with Crippen LogP contribution in [0.25, 0.3) is 21.9 Å². The minimum Gasteiger partial charge on any atom is -0.456 e. The molecule has 2 aliphatic rings. The first-order valence-electron chi connectivity index (χ1n) is 8.68. The molecule has 3 nitrogen and oxygen atoms in total. The Kier molecular flexibility index (Phi) is 3.16. The second-order valence-corrected chi connectivity index (χ2v) is 9.24. The number of para-hydroxylation sites is 1. The predicted molar refractivity (Wildman–Crippen MR) is 96.4 cm³/mol. The minimum atomic E-state index is -0.865. The average Bonchev–Trinajstić information content (AvgIpc) is 2.94. The van der Waals surface area contributed by atoms with Crippen molar-refractivity contribution in [3.05, 3.63) is 48.0 Å². The maximum Gasteiger partial charge on any atom is 0.135 e. The highest BCUT2D eigenvalue weighted by atomic mass is 32.2. The summed E-state index contributed by atoms with van der Waals surface area (Å²) in [4.78, 5) is 0. The highest BCUT2D eigenvalue weighted by molar-refractivity contribution is 7.86. The summed E-state index contributed by atoms with van der Waals surface area (Å²) in [5.41, 5.74) is 1.80. The van der Waals surface area contributed by atoms with Crippen molar-refractivity contribution in [2.24, 2.45) is 0 Å². The van der Waals surface area contributed by atoms with Gasteiger partial charge in [-0.2, -0.15) is 0 Å². The molecule has 4 heteroatoms. The van der Waals surface area contributed by atoms with Gasteiger partial charge in [-0.05, 0) is 49.4 Å². The quantitative estimate of drug-likeness (QED) is 0.721. The van der Waals surface area contributed by atoms with E-state index in [2.05, 4.69) is 12.1 Å². The van der Waals surface area contributed by atoms with Gasteiger partial charge in [-0.25, -0.2) is 0 Å². The Hall–Kier alpha value is -1.65. The van der Waals surface area contributed by atoms with Crippen molar-refractivity contribution in [1.29, 1.82) is 0 Å². The number of hydrogen-bond acceptors (Lipinski definition) is 3. The monoisotopic (exact) mass is 340 g/mol. The molecular weight excluding hydrogens is 320 g/mol. The van der Waals surface area contributed by atoms with Crippen LogP contribution in [0.15, 0.2) is 46.9 Å². The van der Waals surface area contributed by atoms with E-state index in [1.54, 1.807) is 0 Å². The molecule has 1 N–H and O–H groups in total. The van der Waals surface area contributed by atoms with Crippen LogP contribution in [-0.2, 0) is 16.4 Å². The van der Waals surface area contributed by atoms with E-state index in [0.717, 1.165) is 46.8 Å². The third-order valence-corrected chi connectivity index (χ3v) is 7.87. The zero-order valence-electron chi connectivity index (χ0n) is 13.4. The Bertz CT molecular complexity index is 942. The van der Waals surface area contributed by atoms with Crippen molar-refractivity contribution >= 4 is 32.7 Å². The van der Waals surface area contributed by atoms with Crippen LogP contribution in [0.4, 0.5) is 0 Å². The van der Waals surface area contributed by atoms with Crippen LogP contribution in [0, 0.1) is 0 Å². The lowest BCUT2D eigenvalue weighted by atomic mass is 9.80. The molecule has 2 aromatic carbocycles. The summed E-state index contributed by atoms with van der Waals surface area (Å²) in [5, 5.41) is 13.8. The summed E-state index contributed by atoms with van der Waals surface area (Å²) in [6, 6.07) is 14.0. The molecule has 0 saturated carbocycles. The summed E-state index contributed by atoms with van der Waals surface area (Å²) in [5.74, 6) is 0. The summed E-state index contributed by atoms with van der Waals surface area (Å²) >= 11 is 0. The van der Waals surface area contributed by atoms with Crippen LogP contribution >= 0.6 is 0 Å². The van der Waals surface area contributed by atoms with Gasteiger partial charge in [0.15, 0.2) is 0 Å². The maximum atomic E-state index is 12.5. The first-order chi connectivity index (χ1) is 11.6. The molecule has 0 radical (unpaired) electrons. The van der Waals surface area contributed by atoms with Crippen LogP contribution < -0.4 is 0 Å². The number of fused-ring (bicyclic) bond motifs is 5. The van der Waals surface area contributed by atoms with Crippen LogP contribution in [-0.4, -0.2) is 19.8 Å². The van der Waals surface area contributed by atoms with Gasteiger partial charge in [-0.3, -0.25) is 4.21 Å². The highest BCUT2D eigenvalue weighted by Gasteiger charge is 2.46. The first kappa shape index (κ1) is 14.7. The second kappa shape index (κ2) is 5.17. The molecule has 2 bridgehead atoms. The summed E-state index contributed by atoms with van der Waals surface area (Å²) in [7, 11) is -0.776. The third-order valence-electron chi connectivity index (χ3n) is 5.75. The fourth-order valence-electron chi connectivity index (χ4n) is 4.53. The molecule has 124 valence electrons. The molecule has 2 atom stereocenters. The van der Waals surface area contributed by atoms with Gasteiger partial charge in [0, 0.05) is 32.1 Å². The molecule has 3 heterocycles. The van der Waals surface area contributed by atoms with Gasteiger partial charge in [0.05, 0.1) is 5.60 Å². The van der Waals surface area contributed by atoms with E-state index in [1.807, 2.05) is 30.3 Å². The smallest absolute Gasteiger partial charge is 0.135 e. The molecule has 0 amide bonds. The van der Waals surface area contributed by atoms with E-state index in [1.165, 1.54) is 0 Å². The molecule has 3 aromatic rings. The molecule has 5 rings (SSSR count). The summed E-state index contributed by atoms with van der Waals surface area (Å²) in [6.07, 6.45) is 4.31. The molecule has 0 aliphatic carbocycles. The number of rotatable bonds is 1. The minimum absolute atomic E-state index is 0.138. The molecule has 2 unspecified atom stereocenters. The molecule has 1 aromatic heterocycles. The van der Waals surface area contributed by atoms with Crippen molar-refractivity contribution < 1.29 is 13.7 Å². The number of aliphatic hydroxyl groups is 1. The zero-order valence-corrected chi connectivity index (χ0v) is 14.2. The van der Waals surface area contributed by atoms with E-state index in [-0.39, 0.29) is 10.5 Å². The fourth-order valence-corrected chi connectivity index (χ4v) is 6.76. The van der Waals surface area contributed by atoms with E-state index in [0.29, 0.717) is 12.8 Å². The standard InChI is InChI=1S/C20H20O3S/c21-20(11-14-4-3-5-15(12-20)24(14)22)13-8-9-19-17(10-13)16-6-1-2-7-18(16)23-19/h1-2,6-10,14-15,21H,3-5,11-12H2. The SMILES string of the molecule is O=S1C2CCCC1CC(O)(c1ccc3oc4ccccc4c3c1)C2. The number of hydrogen-bond donors (Lipinski definition) is 1. The van der Waals surface area contributed by atoms with Gasteiger partial charge in [-0.1, -0.05) is 30.7 Å². The van der Waals surface area contributed by atoms with Crippen molar-refractivity contribution in [2.75, 3.05) is 0 Å². The number of benzene rings is 2. The third kappa shape index (κ3) is 2.09. The number of furan rings is 1. The lowest BCUT2D eigenvalue weighted by molar-refractivity contribution is 0.00666. The Labute approximate surface area is 143 Å². The predicted octanol–water partition coefficient (Wildman–Crippen LogP) is 4.24. The topological polar surface area (TPSA) is 50.4 Å². The average molecular weight is 340 g/mol. The molecular formula is C20H20O3S. The Morgan fingerprint density at radius 3 is 2.50 bits per heavy atom. The van der Waals surface area contributed by atoms with Gasteiger partial charge in [0.1, 0.15) is 11.2 Å². The second-order valence-electron chi connectivity index (χ2n) is 7.25. The van der Waals surface area contributed by atoms with Crippen LogP contribution in [0.5, 0.6) is 0 Å². The normalized spacial score (nSPS) is 33.1. The Morgan fingerprint density at radius 2 is 1.71 bits per heavy atom. The van der Waals surface area contributed by atoms with Crippen LogP contribution in [0.3, 0.4) is 0 Å². The Balaban J connectivity index is 1.63. The summed E-state index contributed by atoms with van der Waals surface area (Å²) < 4.78 is 18.3. The lowest BCUT2D eigenvalue weighted by Crippen LogP contribution is -2.47. The van der Waals surface area contributed by atoms with Gasteiger partial charge >= 0.3 is 0 Å². The zero-order chi connectivity index (χ0) is 16.3. The summed E-state index contributed by atoms with van der Waals surface area (Å²) in [6.45, 7) is 0. The van der Waals surface area contributed by atoms with Gasteiger partial charge < -0.3 is 9.52 Å². The van der Waals surface area contributed by atoms with Gasteiger partial charge in [0.25, 0.3) is 0 Å². The maximum absolute atomic E-state index is 12.5. The molecule has 2 saturated heterocycles. The largest absolute Gasteiger partial charge is 0.456 e. The van der Waals surface area contributed by atoms with E-state index < -0.39 is 16.4 Å². The molecule has 24 heavy (non-hydrogen) atoms. The van der Waals surface area contributed by atoms with E-state index in [4.69, 9.17) is 4.42 Å².